The maximum atomic E-state index is 13.7. The summed E-state index contributed by atoms with van der Waals surface area (Å²) >= 11 is 5.97. The number of halogens is 2. The average Bonchev–Trinajstić information content (AvgIpc) is 2.29. The van der Waals surface area contributed by atoms with Crippen molar-refractivity contribution in [3.05, 3.63) is 64.2 Å². The maximum absolute atomic E-state index is 13.7. The van der Waals surface area contributed by atoms with Gasteiger partial charge in [-0.3, -0.25) is 4.98 Å². The number of nitrogens with two attached hydrogens (primary N) is 1. The molecule has 4 heteroatoms. The van der Waals surface area contributed by atoms with Gasteiger partial charge >= 0.3 is 0 Å². The summed E-state index contributed by atoms with van der Waals surface area (Å²) in [4.78, 5) is 4.14. The van der Waals surface area contributed by atoms with Gasteiger partial charge in [-0.2, -0.15) is 0 Å². The fourth-order valence-corrected chi connectivity index (χ4v) is 1.92. The van der Waals surface area contributed by atoms with Gasteiger partial charge in [0.15, 0.2) is 0 Å². The van der Waals surface area contributed by atoms with Crippen molar-refractivity contribution in [3.63, 3.8) is 0 Å². The molecule has 1 atom stereocenters. The van der Waals surface area contributed by atoms with E-state index in [0.29, 0.717) is 10.6 Å². The molecule has 17 heavy (non-hydrogen) atoms. The van der Waals surface area contributed by atoms with Crippen LogP contribution in [0.3, 0.4) is 0 Å². The molecule has 2 rings (SSSR count). The summed E-state index contributed by atoms with van der Waals surface area (Å²) in [5, 5.41) is 0.332. The van der Waals surface area contributed by atoms with E-state index in [1.807, 2.05) is 19.1 Å². The zero-order valence-corrected chi connectivity index (χ0v) is 10.1. The van der Waals surface area contributed by atoms with E-state index in [4.69, 9.17) is 17.3 Å². The van der Waals surface area contributed by atoms with E-state index in [0.717, 1.165) is 11.3 Å². The minimum Gasteiger partial charge on any atom is -0.320 e. The minimum absolute atomic E-state index is 0.305. The number of pyridine rings is 1. The van der Waals surface area contributed by atoms with Gasteiger partial charge in [0.2, 0.25) is 0 Å². The van der Waals surface area contributed by atoms with E-state index in [1.165, 1.54) is 6.07 Å². The molecule has 1 aromatic carbocycles. The highest BCUT2D eigenvalue weighted by atomic mass is 35.5. The van der Waals surface area contributed by atoms with Crippen LogP contribution in [0, 0.1) is 12.7 Å². The largest absolute Gasteiger partial charge is 0.320 e. The van der Waals surface area contributed by atoms with Crippen LogP contribution in [0.4, 0.5) is 4.39 Å². The average molecular weight is 251 g/mol. The molecule has 0 bridgehead atoms. The number of benzene rings is 1. The van der Waals surface area contributed by atoms with Gasteiger partial charge in [-0.25, -0.2) is 4.39 Å². The molecule has 0 saturated heterocycles. The van der Waals surface area contributed by atoms with Crippen LogP contribution >= 0.6 is 11.6 Å². The second-order valence-electron chi connectivity index (χ2n) is 3.85. The van der Waals surface area contributed by atoms with Crippen LogP contribution in [0.5, 0.6) is 0 Å². The molecule has 2 aromatic rings. The molecule has 0 amide bonds. The zero-order chi connectivity index (χ0) is 12.4. The third kappa shape index (κ3) is 2.46. The van der Waals surface area contributed by atoms with Crippen molar-refractivity contribution in [3.8, 4) is 0 Å². The lowest BCUT2D eigenvalue weighted by Gasteiger charge is -2.14. The second kappa shape index (κ2) is 4.82. The molecule has 0 aliphatic carbocycles. The third-order valence-corrected chi connectivity index (χ3v) is 2.93. The molecule has 0 spiro atoms. The first-order valence-electron chi connectivity index (χ1n) is 5.21. The molecular formula is C13H12ClFN2. The van der Waals surface area contributed by atoms with Crippen molar-refractivity contribution in [2.24, 2.45) is 5.73 Å². The third-order valence-electron chi connectivity index (χ3n) is 2.60. The molecule has 88 valence electrons. The van der Waals surface area contributed by atoms with E-state index in [-0.39, 0.29) is 0 Å². The Labute approximate surface area is 104 Å². The van der Waals surface area contributed by atoms with Crippen molar-refractivity contribution < 1.29 is 4.39 Å². The SMILES string of the molecule is Cc1ccc(C(N)c2c(F)cccc2Cl)cn1. The predicted molar refractivity (Wildman–Crippen MR) is 66.4 cm³/mol. The van der Waals surface area contributed by atoms with E-state index in [2.05, 4.69) is 4.98 Å². The van der Waals surface area contributed by atoms with Crippen LogP contribution < -0.4 is 5.73 Å². The summed E-state index contributed by atoms with van der Waals surface area (Å²) in [6, 6.07) is 7.60. The number of rotatable bonds is 2. The Morgan fingerprint density at radius 1 is 1.29 bits per heavy atom. The van der Waals surface area contributed by atoms with Gasteiger partial charge in [-0.05, 0) is 30.7 Å². The molecule has 2 N–H and O–H groups in total. The lowest BCUT2D eigenvalue weighted by molar-refractivity contribution is 0.599. The number of aromatic nitrogens is 1. The Morgan fingerprint density at radius 3 is 2.65 bits per heavy atom. The monoisotopic (exact) mass is 250 g/mol. The van der Waals surface area contributed by atoms with Gasteiger partial charge in [0.05, 0.1) is 6.04 Å². The first-order chi connectivity index (χ1) is 8.09. The van der Waals surface area contributed by atoms with E-state index >= 15 is 0 Å². The predicted octanol–water partition coefficient (Wildman–Crippen LogP) is 3.23. The number of aryl methyl sites for hydroxylation is 1. The highest BCUT2D eigenvalue weighted by Crippen LogP contribution is 2.28. The van der Waals surface area contributed by atoms with Crippen LogP contribution in [0.1, 0.15) is 22.9 Å². The molecule has 0 aliphatic heterocycles. The van der Waals surface area contributed by atoms with Crippen molar-refractivity contribution in [1.29, 1.82) is 0 Å². The Balaban J connectivity index is 2.43. The molecule has 1 aromatic heterocycles. The summed E-state index contributed by atoms with van der Waals surface area (Å²) in [5.74, 6) is -0.398. The first kappa shape index (κ1) is 12.0. The Morgan fingerprint density at radius 2 is 2.06 bits per heavy atom. The van der Waals surface area contributed by atoms with Gasteiger partial charge in [0, 0.05) is 22.5 Å². The molecule has 2 nitrogen and oxygen atoms in total. The molecule has 0 radical (unpaired) electrons. The van der Waals surface area contributed by atoms with Gasteiger partial charge in [-0.1, -0.05) is 23.7 Å². The summed E-state index contributed by atoms with van der Waals surface area (Å²) in [6.07, 6.45) is 1.64. The zero-order valence-electron chi connectivity index (χ0n) is 9.32. The Kier molecular flexibility index (Phi) is 3.41. The quantitative estimate of drug-likeness (QED) is 0.889. The van der Waals surface area contributed by atoms with Crippen molar-refractivity contribution >= 4 is 11.6 Å². The highest BCUT2D eigenvalue weighted by molar-refractivity contribution is 6.31. The van der Waals surface area contributed by atoms with Crippen LogP contribution in [-0.4, -0.2) is 4.98 Å². The van der Waals surface area contributed by atoms with Crippen LogP contribution in [0.25, 0.3) is 0 Å². The molecule has 0 aliphatic rings. The molecular weight excluding hydrogens is 239 g/mol. The Bertz CT molecular complexity index is 505. The van der Waals surface area contributed by atoms with Gasteiger partial charge in [0.25, 0.3) is 0 Å². The van der Waals surface area contributed by atoms with Crippen LogP contribution in [-0.2, 0) is 0 Å². The van der Waals surface area contributed by atoms with Crippen molar-refractivity contribution in [2.75, 3.05) is 0 Å². The summed E-state index contributed by atoms with van der Waals surface area (Å²) < 4.78 is 13.7. The fraction of sp³-hybridized carbons (Fsp3) is 0.154. The maximum Gasteiger partial charge on any atom is 0.129 e. The lowest BCUT2D eigenvalue weighted by atomic mass is 10.0. The van der Waals surface area contributed by atoms with E-state index in [9.17, 15) is 4.39 Å². The Hall–Kier alpha value is -1.45. The standard InChI is InChI=1S/C13H12ClFN2/c1-8-5-6-9(7-17-8)13(16)12-10(14)3-2-4-11(12)15/h2-7,13H,16H2,1H3. The lowest BCUT2D eigenvalue weighted by Crippen LogP contribution is -2.14. The normalized spacial score (nSPS) is 12.5. The summed E-state index contributed by atoms with van der Waals surface area (Å²) in [5.41, 5.74) is 7.94. The van der Waals surface area contributed by atoms with E-state index in [1.54, 1.807) is 18.3 Å². The highest BCUT2D eigenvalue weighted by Gasteiger charge is 2.17. The van der Waals surface area contributed by atoms with Crippen LogP contribution in [0.2, 0.25) is 5.02 Å². The molecule has 0 fully saturated rings. The fourth-order valence-electron chi connectivity index (χ4n) is 1.64. The molecule has 1 heterocycles. The molecule has 0 saturated carbocycles. The number of hydrogen-bond donors (Lipinski definition) is 1. The first-order valence-corrected chi connectivity index (χ1v) is 5.59. The summed E-state index contributed by atoms with van der Waals surface area (Å²) in [7, 11) is 0. The second-order valence-corrected chi connectivity index (χ2v) is 4.25. The van der Waals surface area contributed by atoms with Gasteiger partial charge < -0.3 is 5.73 Å². The smallest absolute Gasteiger partial charge is 0.129 e. The summed E-state index contributed by atoms with van der Waals surface area (Å²) in [6.45, 7) is 1.88. The van der Waals surface area contributed by atoms with Gasteiger partial charge in [0.1, 0.15) is 5.82 Å². The van der Waals surface area contributed by atoms with Crippen molar-refractivity contribution in [1.82, 2.24) is 4.98 Å². The molecule has 1 unspecified atom stereocenters. The van der Waals surface area contributed by atoms with E-state index < -0.39 is 11.9 Å². The van der Waals surface area contributed by atoms with Crippen molar-refractivity contribution in [2.45, 2.75) is 13.0 Å². The minimum atomic E-state index is -0.600. The van der Waals surface area contributed by atoms with Gasteiger partial charge in [-0.15, -0.1) is 0 Å². The topological polar surface area (TPSA) is 38.9 Å². The van der Waals surface area contributed by atoms with Crippen LogP contribution in [0.15, 0.2) is 36.5 Å². The number of hydrogen-bond acceptors (Lipinski definition) is 2. The number of nitrogens with zero attached hydrogens (tertiary/aromatic N) is 1.